The molecule has 1 rings (SSSR count). The van der Waals surface area contributed by atoms with Gasteiger partial charge in [0.25, 0.3) is 0 Å². The van der Waals surface area contributed by atoms with Gasteiger partial charge < -0.3 is 14.8 Å². The minimum absolute atomic E-state index is 0.433. The van der Waals surface area contributed by atoms with E-state index in [1.807, 2.05) is 12.1 Å². The van der Waals surface area contributed by atoms with Crippen LogP contribution in [-0.2, 0) is 11.2 Å². The van der Waals surface area contributed by atoms with Gasteiger partial charge in [0.2, 0.25) is 0 Å². The van der Waals surface area contributed by atoms with E-state index in [9.17, 15) is 0 Å². The molecule has 1 N–H and O–H groups in total. The number of likely N-dealkylation sites (N-methyl/N-ethyl adjacent to an activating group) is 1. The fourth-order valence-corrected chi connectivity index (χ4v) is 1.78. The Bertz CT molecular complexity index is 311. The van der Waals surface area contributed by atoms with Crippen molar-refractivity contribution in [1.82, 2.24) is 5.32 Å². The molecule has 0 amide bonds. The second kappa shape index (κ2) is 8.95. The third kappa shape index (κ3) is 5.52. The van der Waals surface area contributed by atoms with Crippen LogP contribution in [0.15, 0.2) is 24.3 Å². The van der Waals surface area contributed by atoms with Gasteiger partial charge in [0.15, 0.2) is 0 Å². The molecule has 0 bridgehead atoms. The standard InChI is InChI=1S/C15H25NO2/c1-4-14(16-5-2)12-18-15-8-6-13(7-9-15)10-11-17-3/h6-9,14,16H,4-5,10-12H2,1-3H3. The molecule has 1 aromatic carbocycles. The van der Waals surface area contributed by atoms with Gasteiger partial charge in [-0.25, -0.2) is 0 Å². The quantitative estimate of drug-likeness (QED) is 0.732. The Hall–Kier alpha value is -1.06. The molecule has 0 aliphatic heterocycles. The van der Waals surface area contributed by atoms with Crippen LogP contribution in [0.5, 0.6) is 5.75 Å². The first-order valence-corrected chi connectivity index (χ1v) is 6.74. The molecule has 18 heavy (non-hydrogen) atoms. The lowest BCUT2D eigenvalue weighted by molar-refractivity contribution is 0.202. The van der Waals surface area contributed by atoms with Gasteiger partial charge in [0.1, 0.15) is 12.4 Å². The molecule has 0 saturated carbocycles. The third-order valence-electron chi connectivity index (χ3n) is 2.95. The van der Waals surface area contributed by atoms with Gasteiger partial charge in [-0.2, -0.15) is 0 Å². The van der Waals surface area contributed by atoms with Crippen molar-refractivity contribution in [3.8, 4) is 5.75 Å². The zero-order valence-corrected chi connectivity index (χ0v) is 11.7. The molecule has 3 heteroatoms. The number of ether oxygens (including phenoxy) is 2. The molecular formula is C15H25NO2. The van der Waals surface area contributed by atoms with Crippen molar-refractivity contribution in [3.63, 3.8) is 0 Å². The van der Waals surface area contributed by atoms with Crippen LogP contribution in [0.2, 0.25) is 0 Å². The van der Waals surface area contributed by atoms with Crippen molar-refractivity contribution in [3.05, 3.63) is 29.8 Å². The highest BCUT2D eigenvalue weighted by Gasteiger charge is 2.05. The Labute approximate surface area is 110 Å². The fourth-order valence-electron chi connectivity index (χ4n) is 1.78. The Morgan fingerprint density at radius 1 is 1.17 bits per heavy atom. The molecule has 1 unspecified atom stereocenters. The molecule has 0 fully saturated rings. The van der Waals surface area contributed by atoms with Crippen molar-refractivity contribution in [2.75, 3.05) is 26.9 Å². The van der Waals surface area contributed by atoms with Crippen LogP contribution in [0.25, 0.3) is 0 Å². The van der Waals surface area contributed by atoms with Crippen molar-refractivity contribution < 1.29 is 9.47 Å². The maximum absolute atomic E-state index is 5.78. The fraction of sp³-hybridized carbons (Fsp3) is 0.600. The van der Waals surface area contributed by atoms with Gasteiger partial charge in [-0.3, -0.25) is 0 Å². The molecule has 0 spiro atoms. The van der Waals surface area contributed by atoms with E-state index in [0.717, 1.165) is 38.3 Å². The molecule has 0 aliphatic rings. The maximum Gasteiger partial charge on any atom is 0.119 e. The second-order valence-electron chi connectivity index (χ2n) is 4.36. The molecule has 0 radical (unpaired) electrons. The summed E-state index contributed by atoms with van der Waals surface area (Å²) in [5, 5.41) is 3.40. The summed E-state index contributed by atoms with van der Waals surface area (Å²) >= 11 is 0. The maximum atomic E-state index is 5.78. The number of hydrogen-bond donors (Lipinski definition) is 1. The minimum atomic E-state index is 0.433. The topological polar surface area (TPSA) is 30.5 Å². The van der Waals surface area contributed by atoms with Crippen molar-refractivity contribution >= 4 is 0 Å². The first-order valence-electron chi connectivity index (χ1n) is 6.74. The SMILES string of the molecule is CCNC(CC)COc1ccc(CCOC)cc1. The van der Waals surface area contributed by atoms with E-state index in [2.05, 4.69) is 31.3 Å². The summed E-state index contributed by atoms with van der Waals surface area (Å²) in [7, 11) is 1.73. The van der Waals surface area contributed by atoms with Crippen LogP contribution in [0, 0.1) is 0 Å². The summed E-state index contributed by atoms with van der Waals surface area (Å²) in [4.78, 5) is 0. The van der Waals surface area contributed by atoms with Crippen molar-refractivity contribution in [2.24, 2.45) is 0 Å². The van der Waals surface area contributed by atoms with Crippen LogP contribution >= 0.6 is 0 Å². The monoisotopic (exact) mass is 251 g/mol. The number of hydrogen-bond acceptors (Lipinski definition) is 3. The molecule has 3 nitrogen and oxygen atoms in total. The largest absolute Gasteiger partial charge is 0.492 e. The first kappa shape index (κ1) is 15.0. The number of rotatable bonds is 9. The molecule has 1 atom stereocenters. The highest BCUT2D eigenvalue weighted by Crippen LogP contribution is 2.13. The smallest absolute Gasteiger partial charge is 0.119 e. The first-order chi connectivity index (χ1) is 8.80. The predicted octanol–water partition coefficient (Wildman–Crippen LogP) is 2.64. The predicted molar refractivity (Wildman–Crippen MR) is 75.3 cm³/mol. The van der Waals surface area contributed by atoms with Gasteiger partial charge >= 0.3 is 0 Å². The number of nitrogens with one attached hydrogen (secondary N) is 1. The Kier molecular flexibility index (Phi) is 7.46. The average Bonchev–Trinajstić information content (AvgIpc) is 2.42. The molecule has 0 heterocycles. The zero-order chi connectivity index (χ0) is 13.2. The molecule has 102 valence electrons. The molecule has 1 aromatic rings. The van der Waals surface area contributed by atoms with Gasteiger partial charge in [-0.05, 0) is 37.1 Å². The molecule has 0 aromatic heterocycles. The van der Waals surface area contributed by atoms with Crippen LogP contribution < -0.4 is 10.1 Å². The van der Waals surface area contributed by atoms with E-state index < -0.39 is 0 Å². The van der Waals surface area contributed by atoms with E-state index in [1.165, 1.54) is 5.56 Å². The molecule has 0 saturated heterocycles. The molecular weight excluding hydrogens is 226 g/mol. The highest BCUT2D eigenvalue weighted by molar-refractivity contribution is 5.27. The Balaban J connectivity index is 2.38. The lowest BCUT2D eigenvalue weighted by Crippen LogP contribution is -2.33. The van der Waals surface area contributed by atoms with Crippen LogP contribution in [0.4, 0.5) is 0 Å². The molecule has 0 aliphatic carbocycles. The Morgan fingerprint density at radius 3 is 2.44 bits per heavy atom. The number of benzene rings is 1. The summed E-state index contributed by atoms with van der Waals surface area (Å²) in [5.74, 6) is 0.938. The van der Waals surface area contributed by atoms with E-state index >= 15 is 0 Å². The van der Waals surface area contributed by atoms with E-state index in [1.54, 1.807) is 7.11 Å². The van der Waals surface area contributed by atoms with E-state index in [4.69, 9.17) is 9.47 Å². The van der Waals surface area contributed by atoms with E-state index in [0.29, 0.717) is 6.04 Å². The zero-order valence-electron chi connectivity index (χ0n) is 11.7. The van der Waals surface area contributed by atoms with Gasteiger partial charge in [0.05, 0.1) is 6.61 Å². The van der Waals surface area contributed by atoms with Crippen molar-refractivity contribution in [1.29, 1.82) is 0 Å². The van der Waals surface area contributed by atoms with Crippen molar-refractivity contribution in [2.45, 2.75) is 32.7 Å². The summed E-state index contributed by atoms with van der Waals surface area (Å²) in [6, 6.07) is 8.70. The minimum Gasteiger partial charge on any atom is -0.492 e. The van der Waals surface area contributed by atoms with Crippen LogP contribution in [-0.4, -0.2) is 32.9 Å². The summed E-state index contributed by atoms with van der Waals surface area (Å²) in [5.41, 5.74) is 1.28. The number of methoxy groups -OCH3 is 1. The van der Waals surface area contributed by atoms with Gasteiger partial charge in [0, 0.05) is 13.2 Å². The summed E-state index contributed by atoms with van der Waals surface area (Å²) < 4.78 is 10.8. The van der Waals surface area contributed by atoms with Crippen LogP contribution in [0.3, 0.4) is 0 Å². The lowest BCUT2D eigenvalue weighted by atomic mass is 10.1. The summed E-state index contributed by atoms with van der Waals surface area (Å²) in [6.07, 6.45) is 2.03. The average molecular weight is 251 g/mol. The van der Waals surface area contributed by atoms with E-state index in [-0.39, 0.29) is 0 Å². The van der Waals surface area contributed by atoms with Gasteiger partial charge in [-0.1, -0.05) is 26.0 Å². The Morgan fingerprint density at radius 2 is 1.89 bits per heavy atom. The summed E-state index contributed by atoms with van der Waals surface area (Å²) in [6.45, 7) is 6.76. The highest BCUT2D eigenvalue weighted by atomic mass is 16.5. The third-order valence-corrected chi connectivity index (χ3v) is 2.95. The van der Waals surface area contributed by atoms with Gasteiger partial charge in [-0.15, -0.1) is 0 Å². The lowest BCUT2D eigenvalue weighted by Gasteiger charge is -2.16. The normalized spacial score (nSPS) is 12.4. The van der Waals surface area contributed by atoms with Crippen LogP contribution in [0.1, 0.15) is 25.8 Å². The second-order valence-corrected chi connectivity index (χ2v) is 4.36.